The van der Waals surface area contributed by atoms with Crippen LogP contribution in [-0.4, -0.2) is 19.2 Å². The van der Waals surface area contributed by atoms with Crippen LogP contribution in [0.25, 0.3) is 0 Å². The number of ether oxygens (including phenoxy) is 1. The largest absolute Gasteiger partial charge is 0.381 e. The van der Waals surface area contributed by atoms with Crippen LogP contribution in [0, 0.1) is 11.3 Å². The van der Waals surface area contributed by atoms with E-state index in [1.54, 1.807) is 30.3 Å². The summed E-state index contributed by atoms with van der Waals surface area (Å²) in [7, 11) is 0. The molecular formula is C21H21F2N3O2. The molecule has 28 heavy (non-hydrogen) atoms. The van der Waals surface area contributed by atoms with Crippen LogP contribution in [-0.2, 0) is 16.2 Å². The normalized spacial score (nSPS) is 16.1. The predicted octanol–water partition coefficient (Wildman–Crippen LogP) is 4.50. The van der Waals surface area contributed by atoms with Gasteiger partial charge in [-0.2, -0.15) is 5.26 Å². The highest BCUT2D eigenvalue weighted by Gasteiger charge is 2.36. The van der Waals surface area contributed by atoms with Gasteiger partial charge in [-0.3, -0.25) is 0 Å². The number of rotatable bonds is 4. The number of benzene rings is 2. The molecular weight excluding hydrogens is 364 g/mol. The minimum Gasteiger partial charge on any atom is -0.381 e. The van der Waals surface area contributed by atoms with Gasteiger partial charge in [0.2, 0.25) is 0 Å². The maximum absolute atomic E-state index is 13.8. The van der Waals surface area contributed by atoms with Crippen molar-refractivity contribution in [1.29, 1.82) is 5.26 Å². The van der Waals surface area contributed by atoms with E-state index in [1.165, 1.54) is 18.2 Å². The Morgan fingerprint density at radius 1 is 1.14 bits per heavy atom. The molecule has 1 aliphatic rings. The first-order valence-corrected chi connectivity index (χ1v) is 8.99. The molecule has 0 aromatic heterocycles. The van der Waals surface area contributed by atoms with Crippen molar-refractivity contribution in [2.75, 3.05) is 18.5 Å². The highest BCUT2D eigenvalue weighted by atomic mass is 19.3. The third-order valence-electron chi connectivity index (χ3n) is 4.91. The summed E-state index contributed by atoms with van der Waals surface area (Å²) in [5.41, 5.74) is 0.493. The average Bonchev–Trinajstić information content (AvgIpc) is 2.68. The Morgan fingerprint density at radius 3 is 2.39 bits per heavy atom. The summed E-state index contributed by atoms with van der Waals surface area (Å²) in [5.74, 6) is -3.08. The van der Waals surface area contributed by atoms with Crippen molar-refractivity contribution in [3.8, 4) is 6.07 Å². The van der Waals surface area contributed by atoms with Gasteiger partial charge < -0.3 is 15.4 Å². The maximum atomic E-state index is 13.8. The number of urea groups is 1. The summed E-state index contributed by atoms with van der Waals surface area (Å²) in [5, 5.41) is 14.5. The number of carbonyl (C=O) groups is 1. The third-order valence-corrected chi connectivity index (χ3v) is 4.91. The van der Waals surface area contributed by atoms with E-state index in [1.807, 2.05) is 0 Å². The summed E-state index contributed by atoms with van der Waals surface area (Å²) in [6, 6.07) is 14.3. The van der Waals surface area contributed by atoms with Gasteiger partial charge in [-0.15, -0.1) is 0 Å². The van der Waals surface area contributed by atoms with E-state index in [-0.39, 0.29) is 11.3 Å². The van der Waals surface area contributed by atoms with Crippen molar-refractivity contribution >= 4 is 11.7 Å². The standard InChI is InChI=1S/C21H21F2N3O2/c1-20(22,23)17-4-2-3-5-18(17)25-19(27)26-21(10-12-28-13-11-21)16-8-6-15(14-24)7-9-16/h2-9H,10-13H2,1H3,(H2,25,26,27). The van der Waals surface area contributed by atoms with Crippen LogP contribution in [0.3, 0.4) is 0 Å². The molecule has 1 saturated heterocycles. The highest BCUT2D eigenvalue weighted by Crippen LogP contribution is 2.34. The van der Waals surface area contributed by atoms with E-state index < -0.39 is 17.5 Å². The summed E-state index contributed by atoms with van der Waals surface area (Å²) < 4.78 is 33.1. The van der Waals surface area contributed by atoms with Gasteiger partial charge in [0.15, 0.2) is 0 Å². The monoisotopic (exact) mass is 385 g/mol. The zero-order valence-corrected chi connectivity index (χ0v) is 15.5. The molecule has 0 unspecified atom stereocenters. The van der Waals surface area contributed by atoms with Crippen LogP contribution < -0.4 is 10.6 Å². The Balaban J connectivity index is 1.84. The van der Waals surface area contributed by atoms with E-state index in [0.29, 0.717) is 31.6 Å². The summed E-state index contributed by atoms with van der Waals surface area (Å²) in [6.07, 6.45) is 1.08. The van der Waals surface area contributed by atoms with Gasteiger partial charge in [0.25, 0.3) is 5.92 Å². The number of nitrogens with one attached hydrogen (secondary N) is 2. The molecule has 0 radical (unpaired) electrons. The molecule has 146 valence electrons. The first-order chi connectivity index (χ1) is 13.3. The summed E-state index contributed by atoms with van der Waals surface area (Å²) in [6.45, 7) is 1.72. The molecule has 0 spiro atoms. The van der Waals surface area contributed by atoms with Gasteiger partial charge >= 0.3 is 6.03 Å². The van der Waals surface area contributed by atoms with Crippen LogP contribution in [0.1, 0.15) is 36.5 Å². The van der Waals surface area contributed by atoms with E-state index in [9.17, 15) is 13.6 Å². The number of hydrogen-bond donors (Lipinski definition) is 2. The molecule has 1 fully saturated rings. The molecule has 0 atom stereocenters. The fourth-order valence-electron chi connectivity index (χ4n) is 3.42. The van der Waals surface area contributed by atoms with E-state index >= 15 is 0 Å². The fraction of sp³-hybridized carbons (Fsp3) is 0.333. The Labute approximate surface area is 162 Å². The Bertz CT molecular complexity index is 880. The molecule has 1 aliphatic heterocycles. The Kier molecular flexibility index (Phi) is 5.61. The van der Waals surface area contributed by atoms with Crippen molar-refractivity contribution in [2.45, 2.75) is 31.2 Å². The second kappa shape index (κ2) is 7.95. The molecule has 1 heterocycles. The minimum atomic E-state index is -3.08. The van der Waals surface area contributed by atoms with Gasteiger partial charge in [-0.05, 0) is 36.6 Å². The quantitative estimate of drug-likeness (QED) is 0.814. The number of hydrogen-bond acceptors (Lipinski definition) is 3. The number of halogens is 2. The fourth-order valence-corrected chi connectivity index (χ4v) is 3.42. The van der Waals surface area contributed by atoms with Gasteiger partial charge in [0, 0.05) is 25.7 Å². The smallest absolute Gasteiger partial charge is 0.319 e. The average molecular weight is 385 g/mol. The molecule has 2 amide bonds. The molecule has 3 rings (SSSR count). The molecule has 0 saturated carbocycles. The lowest BCUT2D eigenvalue weighted by atomic mass is 9.82. The molecule has 2 N–H and O–H groups in total. The van der Waals surface area contributed by atoms with Crippen LogP contribution >= 0.6 is 0 Å². The van der Waals surface area contributed by atoms with Gasteiger partial charge in [-0.1, -0.05) is 30.3 Å². The van der Waals surface area contributed by atoms with E-state index in [0.717, 1.165) is 12.5 Å². The summed E-state index contributed by atoms with van der Waals surface area (Å²) >= 11 is 0. The zero-order chi connectivity index (χ0) is 20.2. The Morgan fingerprint density at radius 2 is 1.79 bits per heavy atom. The van der Waals surface area contributed by atoms with Crippen LogP contribution in [0.5, 0.6) is 0 Å². The Hall–Kier alpha value is -2.98. The van der Waals surface area contributed by atoms with E-state index in [2.05, 4.69) is 16.7 Å². The lowest BCUT2D eigenvalue weighted by Gasteiger charge is -2.38. The second-order valence-electron chi connectivity index (χ2n) is 6.90. The van der Waals surface area contributed by atoms with Crippen molar-refractivity contribution < 1.29 is 18.3 Å². The number of carbonyl (C=O) groups excluding carboxylic acids is 1. The topological polar surface area (TPSA) is 74.2 Å². The number of nitriles is 1. The van der Waals surface area contributed by atoms with Crippen LogP contribution in [0.15, 0.2) is 48.5 Å². The van der Waals surface area contributed by atoms with Crippen molar-refractivity contribution in [1.82, 2.24) is 5.32 Å². The number of alkyl halides is 2. The summed E-state index contributed by atoms with van der Waals surface area (Å²) in [4.78, 5) is 12.7. The van der Waals surface area contributed by atoms with Gasteiger partial charge in [0.1, 0.15) is 0 Å². The van der Waals surface area contributed by atoms with Crippen molar-refractivity contribution in [3.63, 3.8) is 0 Å². The van der Waals surface area contributed by atoms with Crippen LogP contribution in [0.4, 0.5) is 19.3 Å². The van der Waals surface area contributed by atoms with Gasteiger partial charge in [-0.25, -0.2) is 13.6 Å². The number of anilines is 1. The predicted molar refractivity (Wildman–Crippen MR) is 101 cm³/mol. The van der Waals surface area contributed by atoms with Gasteiger partial charge in [0.05, 0.1) is 22.9 Å². The maximum Gasteiger partial charge on any atom is 0.319 e. The first kappa shape index (κ1) is 19.8. The lowest BCUT2D eigenvalue weighted by molar-refractivity contribution is 0.0183. The zero-order valence-electron chi connectivity index (χ0n) is 15.5. The van der Waals surface area contributed by atoms with Crippen molar-refractivity contribution in [2.24, 2.45) is 0 Å². The number of para-hydroxylation sites is 1. The van der Waals surface area contributed by atoms with Crippen molar-refractivity contribution in [3.05, 3.63) is 65.2 Å². The molecule has 0 aliphatic carbocycles. The van der Waals surface area contributed by atoms with E-state index in [4.69, 9.17) is 10.00 Å². The SMILES string of the molecule is CC(F)(F)c1ccccc1NC(=O)NC1(c2ccc(C#N)cc2)CCOCC1. The molecule has 0 bridgehead atoms. The third kappa shape index (κ3) is 4.29. The van der Waals surface area contributed by atoms with Crippen LogP contribution in [0.2, 0.25) is 0 Å². The first-order valence-electron chi connectivity index (χ1n) is 8.99. The molecule has 2 aromatic carbocycles. The highest BCUT2D eigenvalue weighted by molar-refractivity contribution is 5.91. The molecule has 5 nitrogen and oxygen atoms in total. The molecule has 7 heteroatoms. The number of nitrogens with zero attached hydrogens (tertiary/aromatic N) is 1. The lowest BCUT2D eigenvalue weighted by Crippen LogP contribution is -2.51. The number of amides is 2. The second-order valence-corrected chi connectivity index (χ2v) is 6.90. The minimum absolute atomic E-state index is 0.0644. The molecule has 2 aromatic rings.